The van der Waals surface area contributed by atoms with E-state index in [2.05, 4.69) is 15.0 Å². The van der Waals surface area contributed by atoms with Crippen LogP contribution in [0.25, 0.3) is 10.9 Å². The Hall–Kier alpha value is -2.18. The number of benzene rings is 1. The molecule has 4 nitrogen and oxygen atoms in total. The smallest absolute Gasteiger partial charge is 0.406 e. The second-order valence-corrected chi connectivity index (χ2v) is 3.85. The van der Waals surface area contributed by atoms with Gasteiger partial charge >= 0.3 is 6.36 Å². The Morgan fingerprint density at radius 3 is 2.74 bits per heavy atom. The van der Waals surface area contributed by atoms with E-state index >= 15 is 0 Å². The highest BCUT2D eigenvalue weighted by molar-refractivity contribution is 5.97. The van der Waals surface area contributed by atoms with Crippen LogP contribution in [-0.4, -0.2) is 17.9 Å². The molecule has 3 N–H and O–H groups in total. The summed E-state index contributed by atoms with van der Waals surface area (Å²) in [6.45, 7) is 2.45. The van der Waals surface area contributed by atoms with Crippen molar-refractivity contribution in [3.05, 3.63) is 24.4 Å². The van der Waals surface area contributed by atoms with Crippen molar-refractivity contribution in [1.82, 2.24) is 4.98 Å². The Kier molecular flexibility index (Phi) is 3.37. The number of aromatic nitrogens is 1. The van der Waals surface area contributed by atoms with Gasteiger partial charge in [-0.1, -0.05) is 0 Å². The SMILES string of the molecule is CCNc1c(N)cnc2ccc(OC(F)(F)F)cc12. The molecule has 0 spiro atoms. The Morgan fingerprint density at radius 1 is 1.37 bits per heavy atom. The molecule has 1 heterocycles. The molecule has 7 heteroatoms. The summed E-state index contributed by atoms with van der Waals surface area (Å²) in [5, 5.41) is 3.50. The van der Waals surface area contributed by atoms with Crippen LogP contribution in [0.2, 0.25) is 0 Å². The molecule has 1 aromatic carbocycles. The third-order valence-corrected chi connectivity index (χ3v) is 2.46. The minimum Gasteiger partial charge on any atom is -0.406 e. The number of alkyl halides is 3. The van der Waals surface area contributed by atoms with E-state index in [0.29, 0.717) is 28.8 Å². The van der Waals surface area contributed by atoms with Crippen molar-refractivity contribution in [2.75, 3.05) is 17.6 Å². The van der Waals surface area contributed by atoms with E-state index in [1.807, 2.05) is 6.92 Å². The Labute approximate surface area is 107 Å². The summed E-state index contributed by atoms with van der Waals surface area (Å²) < 4.78 is 40.5. The highest BCUT2D eigenvalue weighted by Gasteiger charge is 2.31. The van der Waals surface area contributed by atoms with Gasteiger partial charge in [0.15, 0.2) is 0 Å². The van der Waals surface area contributed by atoms with Gasteiger partial charge in [-0.3, -0.25) is 4.98 Å². The first kappa shape index (κ1) is 13.3. The molecule has 0 aliphatic carbocycles. The van der Waals surface area contributed by atoms with Crippen molar-refractivity contribution in [2.24, 2.45) is 0 Å². The molecule has 2 rings (SSSR count). The van der Waals surface area contributed by atoms with Crippen molar-refractivity contribution >= 4 is 22.3 Å². The topological polar surface area (TPSA) is 60.2 Å². The fraction of sp³-hybridized carbons (Fsp3) is 0.250. The van der Waals surface area contributed by atoms with Gasteiger partial charge in [0.25, 0.3) is 0 Å². The number of hydrogen-bond acceptors (Lipinski definition) is 4. The summed E-state index contributed by atoms with van der Waals surface area (Å²) in [4.78, 5) is 4.06. The lowest BCUT2D eigenvalue weighted by Crippen LogP contribution is -2.17. The molecule has 0 aliphatic rings. The van der Waals surface area contributed by atoms with Gasteiger partial charge in [-0.05, 0) is 25.1 Å². The Bertz CT molecular complexity index is 599. The third kappa shape index (κ3) is 2.98. The first-order valence-electron chi connectivity index (χ1n) is 5.58. The summed E-state index contributed by atoms with van der Waals surface area (Å²) in [7, 11) is 0. The average molecular weight is 271 g/mol. The van der Waals surface area contributed by atoms with Crippen LogP contribution in [0.5, 0.6) is 5.75 Å². The molecular weight excluding hydrogens is 259 g/mol. The predicted octanol–water partition coefficient (Wildman–Crippen LogP) is 3.15. The van der Waals surface area contributed by atoms with Gasteiger partial charge in [0.1, 0.15) is 5.75 Å². The molecule has 2 aromatic rings. The van der Waals surface area contributed by atoms with Gasteiger partial charge in [0, 0.05) is 11.9 Å². The predicted molar refractivity (Wildman–Crippen MR) is 67.0 cm³/mol. The lowest BCUT2D eigenvalue weighted by Gasteiger charge is -2.13. The number of halogens is 3. The van der Waals surface area contributed by atoms with Gasteiger partial charge in [0.05, 0.1) is 23.1 Å². The van der Waals surface area contributed by atoms with E-state index in [0.717, 1.165) is 0 Å². The summed E-state index contributed by atoms with van der Waals surface area (Å²) in [6.07, 6.45) is -3.26. The van der Waals surface area contributed by atoms with Crippen molar-refractivity contribution in [3.63, 3.8) is 0 Å². The van der Waals surface area contributed by atoms with Gasteiger partial charge < -0.3 is 15.8 Å². The largest absolute Gasteiger partial charge is 0.573 e. The van der Waals surface area contributed by atoms with E-state index in [-0.39, 0.29) is 5.75 Å². The number of nitrogens with two attached hydrogens (primary N) is 1. The lowest BCUT2D eigenvalue weighted by molar-refractivity contribution is -0.274. The van der Waals surface area contributed by atoms with Crippen LogP contribution in [0.1, 0.15) is 6.92 Å². The number of pyridine rings is 1. The minimum atomic E-state index is -4.72. The number of nitrogens with zero attached hydrogens (tertiary/aromatic N) is 1. The van der Waals surface area contributed by atoms with Crippen LogP contribution in [0.15, 0.2) is 24.4 Å². The van der Waals surface area contributed by atoms with Crippen molar-refractivity contribution in [1.29, 1.82) is 0 Å². The van der Waals surface area contributed by atoms with Gasteiger partial charge in [-0.25, -0.2) is 0 Å². The third-order valence-electron chi connectivity index (χ3n) is 2.46. The molecular formula is C12H12F3N3O. The lowest BCUT2D eigenvalue weighted by atomic mass is 10.1. The van der Waals surface area contributed by atoms with Gasteiger partial charge in [0.2, 0.25) is 0 Å². The van der Waals surface area contributed by atoms with Crippen LogP contribution in [-0.2, 0) is 0 Å². The Balaban J connectivity index is 2.53. The summed E-state index contributed by atoms with van der Waals surface area (Å²) in [5.41, 5.74) is 7.23. The number of nitrogen functional groups attached to an aromatic ring is 1. The minimum absolute atomic E-state index is 0.299. The maximum absolute atomic E-state index is 12.2. The maximum Gasteiger partial charge on any atom is 0.573 e. The molecule has 0 saturated heterocycles. The van der Waals surface area contributed by atoms with E-state index in [4.69, 9.17) is 5.73 Å². The van der Waals surface area contributed by atoms with E-state index in [9.17, 15) is 13.2 Å². The van der Waals surface area contributed by atoms with Gasteiger partial charge in [-0.15, -0.1) is 13.2 Å². The monoisotopic (exact) mass is 271 g/mol. The average Bonchev–Trinajstić information content (AvgIpc) is 2.31. The fourth-order valence-electron chi connectivity index (χ4n) is 1.76. The first-order valence-corrected chi connectivity index (χ1v) is 5.58. The number of fused-ring (bicyclic) bond motifs is 1. The molecule has 0 radical (unpaired) electrons. The van der Waals surface area contributed by atoms with Crippen LogP contribution < -0.4 is 15.8 Å². The molecule has 0 unspecified atom stereocenters. The van der Waals surface area contributed by atoms with Crippen molar-refractivity contribution < 1.29 is 17.9 Å². The first-order chi connectivity index (χ1) is 8.90. The Morgan fingerprint density at radius 2 is 2.11 bits per heavy atom. The van der Waals surface area contributed by atoms with E-state index in [1.165, 1.54) is 24.4 Å². The number of ether oxygens (including phenoxy) is 1. The molecule has 0 amide bonds. The van der Waals surface area contributed by atoms with Crippen LogP contribution >= 0.6 is 0 Å². The second-order valence-electron chi connectivity index (χ2n) is 3.85. The van der Waals surface area contributed by atoms with Gasteiger partial charge in [-0.2, -0.15) is 0 Å². The van der Waals surface area contributed by atoms with E-state index < -0.39 is 6.36 Å². The van der Waals surface area contributed by atoms with Crippen LogP contribution in [0.4, 0.5) is 24.5 Å². The number of anilines is 2. The van der Waals surface area contributed by atoms with Crippen LogP contribution in [0.3, 0.4) is 0 Å². The van der Waals surface area contributed by atoms with Crippen molar-refractivity contribution in [3.8, 4) is 5.75 Å². The molecule has 19 heavy (non-hydrogen) atoms. The van der Waals surface area contributed by atoms with Crippen LogP contribution in [0, 0.1) is 0 Å². The summed E-state index contributed by atoms with van der Waals surface area (Å²) >= 11 is 0. The fourth-order valence-corrected chi connectivity index (χ4v) is 1.76. The zero-order valence-corrected chi connectivity index (χ0v) is 10.1. The quantitative estimate of drug-likeness (QED) is 0.900. The number of nitrogens with one attached hydrogen (secondary N) is 1. The molecule has 0 bridgehead atoms. The molecule has 102 valence electrons. The summed E-state index contributed by atoms with van der Waals surface area (Å²) in [6, 6.07) is 3.94. The van der Waals surface area contributed by atoms with E-state index in [1.54, 1.807) is 0 Å². The molecule has 0 saturated carbocycles. The molecule has 0 atom stereocenters. The number of hydrogen-bond donors (Lipinski definition) is 2. The standard InChI is InChI=1S/C12H12F3N3O/c1-2-17-11-8-5-7(19-12(13,14)15)3-4-10(8)18-6-9(11)16/h3-6H,2,16H2,1H3,(H,17,18). The van der Waals surface area contributed by atoms with Crippen molar-refractivity contribution in [2.45, 2.75) is 13.3 Å². The highest BCUT2D eigenvalue weighted by atomic mass is 19.4. The molecule has 0 fully saturated rings. The number of rotatable bonds is 3. The zero-order valence-electron chi connectivity index (χ0n) is 10.1. The normalized spacial score (nSPS) is 11.6. The highest BCUT2D eigenvalue weighted by Crippen LogP contribution is 2.32. The molecule has 1 aromatic heterocycles. The molecule has 0 aliphatic heterocycles. The summed E-state index contributed by atoms with van der Waals surface area (Å²) in [5.74, 6) is -0.299. The second kappa shape index (κ2) is 4.83. The maximum atomic E-state index is 12.2. The zero-order chi connectivity index (χ0) is 14.0.